The van der Waals surface area contributed by atoms with Crippen molar-refractivity contribution in [3.8, 4) is 0 Å². The molecule has 0 bridgehead atoms. The van der Waals surface area contributed by atoms with Crippen LogP contribution in [0.1, 0.15) is 72.3 Å². The van der Waals surface area contributed by atoms with Gasteiger partial charge >= 0.3 is 5.97 Å². The minimum atomic E-state index is -0.461. The van der Waals surface area contributed by atoms with Gasteiger partial charge in [0.15, 0.2) is 0 Å². The van der Waals surface area contributed by atoms with Gasteiger partial charge < -0.3 is 29.6 Å². The third-order valence-electron chi connectivity index (χ3n) is 8.50. The zero-order chi connectivity index (χ0) is 31.7. The van der Waals surface area contributed by atoms with Gasteiger partial charge in [-0.05, 0) is 51.2 Å². The molecule has 8 atom stereocenters. The smallest absolute Gasteiger partial charge is 0.303 e. The van der Waals surface area contributed by atoms with Gasteiger partial charge in [0.05, 0.1) is 49.1 Å². The van der Waals surface area contributed by atoms with Crippen molar-refractivity contribution in [2.75, 3.05) is 6.61 Å². The maximum absolute atomic E-state index is 12.6. The largest absolute Gasteiger partial charge is 0.459 e. The van der Waals surface area contributed by atoms with E-state index in [4.69, 9.17) is 18.9 Å². The van der Waals surface area contributed by atoms with Gasteiger partial charge in [0, 0.05) is 32.4 Å². The van der Waals surface area contributed by atoms with Crippen LogP contribution < -0.4 is 10.6 Å². The van der Waals surface area contributed by atoms with Crippen LogP contribution in [0.25, 0.3) is 0 Å². The summed E-state index contributed by atoms with van der Waals surface area (Å²) in [5.41, 5.74) is 2.02. The van der Waals surface area contributed by atoms with Crippen LogP contribution in [0.15, 0.2) is 66.3 Å². The second-order valence-corrected chi connectivity index (χ2v) is 12.6. The van der Waals surface area contributed by atoms with E-state index in [2.05, 4.69) is 42.7 Å². The quantitative estimate of drug-likeness (QED) is 0.153. The number of amides is 2. The molecule has 2 amide bonds. The number of nitrogens with one attached hydrogen (secondary N) is 2. The fourth-order valence-electron chi connectivity index (χ4n) is 5.95. The Bertz CT molecular complexity index is 1220. The molecule has 1 spiro atoms. The van der Waals surface area contributed by atoms with Crippen molar-refractivity contribution in [3.05, 3.63) is 71.8 Å². The Labute approximate surface area is 261 Å². The lowest BCUT2D eigenvalue weighted by Crippen LogP contribution is -2.50. The third-order valence-corrected chi connectivity index (χ3v) is 8.50. The first-order valence-corrected chi connectivity index (χ1v) is 15.8. The van der Waals surface area contributed by atoms with Crippen LogP contribution in [0.5, 0.6) is 0 Å². The van der Waals surface area contributed by atoms with Crippen molar-refractivity contribution in [1.82, 2.24) is 10.6 Å². The SMILES string of the molecule is CC(=O)O[C@@H](C)/C=C\C(=O)N[C@@H]1C[C@H](C)[C@H](C/C=C(C)/C=C/[C@@H]2C[C@]3(CO3)C[C@@H](CC(=O)NCc3ccccc3)O2)O[C@@H]1C. The van der Waals surface area contributed by atoms with Gasteiger partial charge in [-0.1, -0.05) is 61.1 Å². The standard InChI is InChI=1S/C35H48N2O7/c1-23(12-15-32-24(2)17-31(26(4)43-32)37-33(39)16-13-25(3)42-27(5)38)11-14-29-19-35(22-41-35)20-30(44-29)18-34(40)36-21-28-9-7-6-8-10-28/h6-14,16,24-26,29-32H,15,17-22H2,1-5H3,(H,36,40)(H,37,39)/b14-11+,16-13-,23-12+/t24-,25-,26+,29+,30+,31+,32-,35+/m0/s1. The van der Waals surface area contributed by atoms with Crippen LogP contribution in [0.2, 0.25) is 0 Å². The zero-order valence-corrected chi connectivity index (χ0v) is 26.6. The van der Waals surface area contributed by atoms with Crippen molar-refractivity contribution in [1.29, 1.82) is 0 Å². The molecule has 0 radical (unpaired) electrons. The average molecular weight is 609 g/mol. The van der Waals surface area contributed by atoms with E-state index in [1.54, 1.807) is 13.0 Å². The van der Waals surface area contributed by atoms with Crippen molar-refractivity contribution in [2.24, 2.45) is 5.92 Å². The number of benzene rings is 1. The maximum atomic E-state index is 12.6. The third kappa shape index (κ3) is 10.7. The molecule has 3 heterocycles. The summed E-state index contributed by atoms with van der Waals surface area (Å²) in [5, 5.41) is 6.03. The van der Waals surface area contributed by atoms with Crippen LogP contribution in [0.3, 0.4) is 0 Å². The zero-order valence-electron chi connectivity index (χ0n) is 26.6. The van der Waals surface area contributed by atoms with E-state index in [-0.39, 0.29) is 59.8 Å². The highest BCUT2D eigenvalue weighted by Gasteiger charge is 2.51. The van der Waals surface area contributed by atoms with Gasteiger partial charge in [-0.3, -0.25) is 14.4 Å². The van der Waals surface area contributed by atoms with E-state index < -0.39 is 6.10 Å². The molecule has 44 heavy (non-hydrogen) atoms. The number of carbonyl (C=O) groups excluding carboxylic acids is 3. The molecule has 1 aromatic rings. The predicted octanol–water partition coefficient (Wildman–Crippen LogP) is 4.71. The molecule has 3 aliphatic rings. The number of carbonyl (C=O) groups is 3. The van der Waals surface area contributed by atoms with E-state index >= 15 is 0 Å². The highest BCUT2D eigenvalue weighted by Crippen LogP contribution is 2.43. The molecule has 1 aromatic carbocycles. The lowest BCUT2D eigenvalue weighted by molar-refractivity contribution is -0.143. The van der Waals surface area contributed by atoms with E-state index in [0.29, 0.717) is 13.0 Å². The summed E-state index contributed by atoms with van der Waals surface area (Å²) < 4.78 is 23.5. The van der Waals surface area contributed by atoms with Crippen LogP contribution in [0.4, 0.5) is 0 Å². The molecule has 9 heteroatoms. The Balaban J connectivity index is 1.22. The first kappa shape index (κ1) is 33.6. The van der Waals surface area contributed by atoms with Gasteiger partial charge in [-0.15, -0.1) is 0 Å². The first-order chi connectivity index (χ1) is 21.0. The highest BCUT2D eigenvalue weighted by molar-refractivity contribution is 5.87. The molecule has 0 saturated carbocycles. The second kappa shape index (κ2) is 15.6. The molecule has 3 aliphatic heterocycles. The Hall–Kier alpha value is -3.27. The molecule has 240 valence electrons. The summed E-state index contributed by atoms with van der Waals surface area (Å²) in [4.78, 5) is 36.1. The fraction of sp³-hybridized carbons (Fsp3) is 0.571. The van der Waals surface area contributed by atoms with E-state index in [0.717, 1.165) is 43.4 Å². The Morgan fingerprint density at radius 1 is 1.09 bits per heavy atom. The number of allylic oxidation sites excluding steroid dienone is 2. The number of hydrogen-bond donors (Lipinski definition) is 2. The second-order valence-electron chi connectivity index (χ2n) is 12.6. The summed E-state index contributed by atoms with van der Waals surface area (Å²) >= 11 is 0. The molecule has 2 N–H and O–H groups in total. The Morgan fingerprint density at radius 2 is 1.84 bits per heavy atom. The summed E-state index contributed by atoms with van der Waals surface area (Å²) in [6.45, 7) is 10.5. The number of epoxide rings is 1. The minimum Gasteiger partial charge on any atom is -0.459 e. The van der Waals surface area contributed by atoms with Gasteiger partial charge in [-0.25, -0.2) is 0 Å². The molecule has 0 aliphatic carbocycles. The molecular formula is C35H48N2O7. The van der Waals surface area contributed by atoms with Gasteiger partial charge in [0.1, 0.15) is 6.10 Å². The lowest BCUT2D eigenvalue weighted by atomic mass is 9.88. The van der Waals surface area contributed by atoms with Crippen LogP contribution in [0, 0.1) is 5.92 Å². The summed E-state index contributed by atoms with van der Waals surface area (Å²) in [6, 6.07) is 9.79. The molecule has 4 rings (SSSR count). The summed E-state index contributed by atoms with van der Waals surface area (Å²) in [5.74, 6) is -0.367. The normalized spacial score (nSPS) is 31.2. The highest BCUT2D eigenvalue weighted by atomic mass is 16.6. The number of ether oxygens (including phenoxy) is 4. The van der Waals surface area contributed by atoms with Gasteiger partial charge in [-0.2, -0.15) is 0 Å². The van der Waals surface area contributed by atoms with E-state index in [1.807, 2.05) is 37.3 Å². The van der Waals surface area contributed by atoms with Crippen molar-refractivity contribution >= 4 is 17.8 Å². The maximum Gasteiger partial charge on any atom is 0.303 e. The van der Waals surface area contributed by atoms with E-state index in [9.17, 15) is 14.4 Å². The van der Waals surface area contributed by atoms with Crippen LogP contribution in [-0.2, 0) is 39.9 Å². The summed E-state index contributed by atoms with van der Waals surface area (Å²) in [6.07, 6.45) is 11.9. The number of rotatable bonds is 12. The van der Waals surface area contributed by atoms with Crippen molar-refractivity contribution in [3.63, 3.8) is 0 Å². The van der Waals surface area contributed by atoms with Gasteiger partial charge in [0.25, 0.3) is 0 Å². The number of esters is 1. The molecule has 0 unspecified atom stereocenters. The minimum absolute atomic E-state index is 0.0154. The number of hydrogen-bond acceptors (Lipinski definition) is 7. The molecule has 3 fully saturated rings. The predicted molar refractivity (Wildman–Crippen MR) is 167 cm³/mol. The van der Waals surface area contributed by atoms with Crippen LogP contribution >= 0.6 is 0 Å². The summed E-state index contributed by atoms with van der Waals surface area (Å²) in [7, 11) is 0. The van der Waals surface area contributed by atoms with Crippen LogP contribution in [-0.4, -0.2) is 66.6 Å². The molecule has 0 aromatic heterocycles. The lowest BCUT2D eigenvalue weighted by Gasteiger charge is -2.39. The van der Waals surface area contributed by atoms with Crippen molar-refractivity contribution < 1.29 is 33.3 Å². The first-order valence-electron chi connectivity index (χ1n) is 15.8. The van der Waals surface area contributed by atoms with Gasteiger partial charge in [0.2, 0.25) is 11.8 Å². The Morgan fingerprint density at radius 3 is 2.55 bits per heavy atom. The fourth-order valence-corrected chi connectivity index (χ4v) is 5.95. The molecule has 9 nitrogen and oxygen atoms in total. The monoisotopic (exact) mass is 608 g/mol. The average Bonchev–Trinajstić information content (AvgIpc) is 3.72. The topological polar surface area (TPSA) is 115 Å². The molecular weight excluding hydrogens is 560 g/mol. The molecule has 3 saturated heterocycles. The Kier molecular flexibility index (Phi) is 11.9. The van der Waals surface area contributed by atoms with Crippen molar-refractivity contribution in [2.45, 2.75) is 115 Å². The van der Waals surface area contributed by atoms with E-state index in [1.165, 1.54) is 13.0 Å².